The van der Waals surface area contributed by atoms with Gasteiger partial charge in [0, 0.05) is 27.7 Å². The van der Waals surface area contributed by atoms with E-state index in [9.17, 15) is 0 Å². The largest absolute Gasteiger partial charge is 0.494 e. The summed E-state index contributed by atoms with van der Waals surface area (Å²) in [4.78, 5) is 0. The van der Waals surface area contributed by atoms with E-state index in [2.05, 4.69) is 59.3 Å². The summed E-state index contributed by atoms with van der Waals surface area (Å²) in [6.07, 6.45) is 2.18. The van der Waals surface area contributed by atoms with Crippen molar-refractivity contribution in [3.8, 4) is 22.7 Å². The molecule has 3 aromatic carbocycles. The fraction of sp³-hybridized carbons (Fsp3) is 0.0909. The van der Waals surface area contributed by atoms with Gasteiger partial charge < -0.3 is 9.30 Å². The van der Waals surface area contributed by atoms with E-state index < -0.39 is 0 Å². The summed E-state index contributed by atoms with van der Waals surface area (Å²) < 4.78 is 7.79. The molecule has 4 rings (SSSR count). The monoisotopic (exact) mass is 347 g/mol. The Balaban J connectivity index is 1.91. The Bertz CT molecular complexity index is 1000. The first kappa shape index (κ1) is 15.8. The molecule has 0 bridgehead atoms. The van der Waals surface area contributed by atoms with Crippen LogP contribution in [0.4, 0.5) is 0 Å². The van der Waals surface area contributed by atoms with E-state index in [0.29, 0.717) is 6.61 Å². The van der Waals surface area contributed by atoms with Crippen molar-refractivity contribution in [2.45, 2.75) is 6.92 Å². The van der Waals surface area contributed by atoms with E-state index >= 15 is 0 Å². The summed E-state index contributed by atoms with van der Waals surface area (Å²) in [7, 11) is 0. The molecular formula is C22H18ClNO. The van der Waals surface area contributed by atoms with Crippen LogP contribution in [0.2, 0.25) is 5.02 Å². The zero-order valence-corrected chi connectivity index (χ0v) is 14.7. The summed E-state index contributed by atoms with van der Waals surface area (Å²) in [5.74, 6) is 0.885. The van der Waals surface area contributed by atoms with Crippen LogP contribution in [0.1, 0.15) is 6.92 Å². The summed E-state index contributed by atoms with van der Waals surface area (Å²) in [5, 5.41) is 3.17. The number of hydrogen-bond acceptors (Lipinski definition) is 1. The zero-order chi connectivity index (χ0) is 17.2. The van der Waals surface area contributed by atoms with Crippen molar-refractivity contribution >= 4 is 22.4 Å². The standard InChI is InChI=1S/C22H18ClNO/c1-2-25-20-13-11-19(12-14-20)24-15-17-5-3-4-6-21(17)22(24)16-7-9-18(23)10-8-16/h3-15H,2H2,1H3. The van der Waals surface area contributed by atoms with Crippen molar-refractivity contribution in [3.63, 3.8) is 0 Å². The third kappa shape index (κ3) is 3.01. The lowest BCUT2D eigenvalue weighted by atomic mass is 10.1. The molecule has 1 heterocycles. The van der Waals surface area contributed by atoms with Gasteiger partial charge in [-0.3, -0.25) is 0 Å². The molecule has 0 amide bonds. The Morgan fingerprint density at radius 2 is 1.60 bits per heavy atom. The zero-order valence-electron chi connectivity index (χ0n) is 13.9. The quantitative estimate of drug-likeness (QED) is 0.419. The molecule has 0 fully saturated rings. The number of ether oxygens (including phenoxy) is 1. The molecule has 0 radical (unpaired) electrons. The van der Waals surface area contributed by atoms with E-state index in [1.807, 2.05) is 31.2 Å². The predicted octanol–water partition coefficient (Wildman–Crippen LogP) is 6.35. The third-order valence-electron chi connectivity index (χ3n) is 4.27. The van der Waals surface area contributed by atoms with Gasteiger partial charge >= 0.3 is 0 Å². The SMILES string of the molecule is CCOc1ccc(-n2cc3ccccc3c2-c2ccc(Cl)cc2)cc1. The molecule has 2 nitrogen and oxygen atoms in total. The van der Waals surface area contributed by atoms with Crippen LogP contribution in [0.5, 0.6) is 5.75 Å². The topological polar surface area (TPSA) is 14.2 Å². The fourth-order valence-corrected chi connectivity index (χ4v) is 3.26. The molecule has 0 aliphatic heterocycles. The first-order valence-corrected chi connectivity index (χ1v) is 8.73. The van der Waals surface area contributed by atoms with Gasteiger partial charge in [0.2, 0.25) is 0 Å². The van der Waals surface area contributed by atoms with Crippen LogP contribution in [0.25, 0.3) is 27.7 Å². The molecule has 0 spiro atoms. The third-order valence-corrected chi connectivity index (χ3v) is 4.52. The average molecular weight is 348 g/mol. The van der Waals surface area contributed by atoms with Crippen molar-refractivity contribution < 1.29 is 4.74 Å². The van der Waals surface area contributed by atoms with Crippen LogP contribution in [0.3, 0.4) is 0 Å². The molecule has 1 aromatic heterocycles. The van der Waals surface area contributed by atoms with Crippen molar-refractivity contribution in [3.05, 3.63) is 84.0 Å². The molecule has 0 aliphatic rings. The van der Waals surface area contributed by atoms with Crippen LogP contribution in [0.15, 0.2) is 79.0 Å². The lowest BCUT2D eigenvalue weighted by molar-refractivity contribution is 0.340. The maximum Gasteiger partial charge on any atom is 0.119 e. The molecule has 4 aromatic rings. The molecule has 0 atom stereocenters. The van der Waals surface area contributed by atoms with E-state index in [1.165, 1.54) is 10.8 Å². The molecule has 124 valence electrons. The maximum atomic E-state index is 6.07. The highest BCUT2D eigenvalue weighted by Crippen LogP contribution is 2.34. The van der Waals surface area contributed by atoms with Crippen LogP contribution >= 0.6 is 11.6 Å². The van der Waals surface area contributed by atoms with Gasteiger partial charge in [-0.1, -0.05) is 48.0 Å². The summed E-state index contributed by atoms with van der Waals surface area (Å²) in [5.41, 5.74) is 3.40. The van der Waals surface area contributed by atoms with Crippen LogP contribution in [-0.2, 0) is 0 Å². The number of fused-ring (bicyclic) bond motifs is 1. The first-order chi connectivity index (χ1) is 12.3. The number of halogens is 1. The van der Waals surface area contributed by atoms with Gasteiger partial charge in [0.05, 0.1) is 12.3 Å². The van der Waals surface area contributed by atoms with Crippen LogP contribution < -0.4 is 4.74 Å². The average Bonchev–Trinajstić information content (AvgIpc) is 3.03. The number of nitrogens with zero attached hydrogens (tertiary/aromatic N) is 1. The Labute approximate surface area is 152 Å². The molecule has 25 heavy (non-hydrogen) atoms. The maximum absolute atomic E-state index is 6.07. The van der Waals surface area contributed by atoms with E-state index in [4.69, 9.17) is 16.3 Å². The molecule has 0 saturated carbocycles. The Hall–Kier alpha value is -2.71. The van der Waals surface area contributed by atoms with Gasteiger partial charge in [0.15, 0.2) is 0 Å². The van der Waals surface area contributed by atoms with E-state index in [-0.39, 0.29) is 0 Å². The minimum atomic E-state index is 0.669. The van der Waals surface area contributed by atoms with Crippen molar-refractivity contribution in [1.82, 2.24) is 4.57 Å². The molecule has 0 aliphatic carbocycles. The minimum absolute atomic E-state index is 0.669. The second kappa shape index (κ2) is 6.66. The molecule has 0 N–H and O–H groups in total. The summed E-state index contributed by atoms with van der Waals surface area (Å²) in [6, 6.07) is 24.6. The Morgan fingerprint density at radius 3 is 2.32 bits per heavy atom. The fourth-order valence-electron chi connectivity index (χ4n) is 3.13. The van der Waals surface area contributed by atoms with Gasteiger partial charge in [-0.2, -0.15) is 0 Å². The van der Waals surface area contributed by atoms with Gasteiger partial charge in [0.25, 0.3) is 0 Å². The van der Waals surface area contributed by atoms with Crippen molar-refractivity contribution in [2.75, 3.05) is 6.61 Å². The lowest BCUT2D eigenvalue weighted by Crippen LogP contribution is -1.96. The van der Waals surface area contributed by atoms with Gasteiger partial charge in [-0.25, -0.2) is 0 Å². The van der Waals surface area contributed by atoms with Crippen molar-refractivity contribution in [2.24, 2.45) is 0 Å². The minimum Gasteiger partial charge on any atom is -0.494 e. The first-order valence-electron chi connectivity index (χ1n) is 8.35. The smallest absolute Gasteiger partial charge is 0.119 e. The second-order valence-electron chi connectivity index (χ2n) is 5.87. The molecule has 0 unspecified atom stereocenters. The van der Waals surface area contributed by atoms with Crippen molar-refractivity contribution in [1.29, 1.82) is 0 Å². The second-order valence-corrected chi connectivity index (χ2v) is 6.31. The number of hydrogen-bond donors (Lipinski definition) is 0. The normalized spacial score (nSPS) is 11.0. The summed E-state index contributed by atoms with van der Waals surface area (Å²) in [6.45, 7) is 2.66. The summed E-state index contributed by atoms with van der Waals surface area (Å²) >= 11 is 6.07. The highest BCUT2D eigenvalue weighted by atomic mass is 35.5. The van der Waals surface area contributed by atoms with Gasteiger partial charge in [0.1, 0.15) is 5.75 Å². The Morgan fingerprint density at radius 1 is 0.880 bits per heavy atom. The highest BCUT2D eigenvalue weighted by molar-refractivity contribution is 6.30. The predicted molar refractivity (Wildman–Crippen MR) is 105 cm³/mol. The number of aromatic nitrogens is 1. The number of rotatable bonds is 4. The van der Waals surface area contributed by atoms with Crippen LogP contribution in [-0.4, -0.2) is 11.2 Å². The van der Waals surface area contributed by atoms with E-state index in [0.717, 1.165) is 27.7 Å². The molecule has 3 heteroatoms. The molecular weight excluding hydrogens is 330 g/mol. The van der Waals surface area contributed by atoms with Gasteiger partial charge in [-0.15, -0.1) is 0 Å². The van der Waals surface area contributed by atoms with E-state index in [1.54, 1.807) is 0 Å². The number of benzene rings is 3. The van der Waals surface area contributed by atoms with Gasteiger partial charge in [-0.05, 0) is 48.9 Å². The highest BCUT2D eigenvalue weighted by Gasteiger charge is 2.12. The Kier molecular flexibility index (Phi) is 4.21. The lowest BCUT2D eigenvalue weighted by Gasteiger charge is -2.11. The molecule has 0 saturated heterocycles. The van der Waals surface area contributed by atoms with Crippen LogP contribution in [0, 0.1) is 0 Å².